The molecule has 3 aromatic rings. The van der Waals surface area contributed by atoms with Crippen LogP contribution >= 0.6 is 0 Å². The van der Waals surface area contributed by atoms with Crippen LogP contribution in [0.1, 0.15) is 40.9 Å². The maximum atomic E-state index is 13.4. The molecule has 1 amide bonds. The Hall–Kier alpha value is -3.03. The summed E-state index contributed by atoms with van der Waals surface area (Å²) in [7, 11) is 0. The van der Waals surface area contributed by atoms with Crippen molar-refractivity contribution >= 4 is 5.91 Å². The first-order valence-corrected chi connectivity index (χ1v) is 8.42. The molecule has 0 spiro atoms. The van der Waals surface area contributed by atoms with E-state index < -0.39 is 0 Å². The summed E-state index contributed by atoms with van der Waals surface area (Å²) in [5, 5.41) is 7.71. The maximum absolute atomic E-state index is 13.4. The summed E-state index contributed by atoms with van der Waals surface area (Å²) in [4.78, 5) is 18.6. The lowest BCUT2D eigenvalue weighted by Gasteiger charge is -2.30. The van der Waals surface area contributed by atoms with Gasteiger partial charge in [-0.2, -0.15) is 4.98 Å². The second-order valence-electron chi connectivity index (χ2n) is 6.39. The van der Waals surface area contributed by atoms with Crippen molar-refractivity contribution in [1.82, 2.24) is 20.2 Å². The molecule has 7 nitrogen and oxygen atoms in total. The highest BCUT2D eigenvalue weighted by Crippen LogP contribution is 2.28. The van der Waals surface area contributed by atoms with E-state index in [0.29, 0.717) is 36.1 Å². The number of piperidine rings is 1. The zero-order valence-corrected chi connectivity index (χ0v) is 14.2. The minimum absolute atomic E-state index is 0.0634. The minimum atomic E-state index is -0.356. The van der Waals surface area contributed by atoms with Crippen LogP contribution in [-0.2, 0) is 0 Å². The van der Waals surface area contributed by atoms with Gasteiger partial charge in [0.05, 0.1) is 11.6 Å². The van der Waals surface area contributed by atoms with E-state index in [1.54, 1.807) is 30.0 Å². The zero-order chi connectivity index (χ0) is 18.1. The number of benzene rings is 1. The summed E-state index contributed by atoms with van der Waals surface area (Å²) in [6.07, 6.45) is 1.66. The van der Waals surface area contributed by atoms with Crippen molar-refractivity contribution in [3.05, 3.63) is 53.5 Å². The van der Waals surface area contributed by atoms with Gasteiger partial charge in [-0.05, 0) is 31.9 Å². The molecule has 0 bridgehead atoms. The van der Waals surface area contributed by atoms with E-state index in [0.717, 1.165) is 12.8 Å². The van der Waals surface area contributed by atoms with Crippen molar-refractivity contribution in [2.75, 3.05) is 13.1 Å². The van der Waals surface area contributed by atoms with E-state index in [4.69, 9.17) is 9.05 Å². The topological polar surface area (TPSA) is 85.3 Å². The predicted molar refractivity (Wildman–Crippen MR) is 88.8 cm³/mol. The molecular weight excluding hydrogens is 339 g/mol. The number of halogens is 1. The molecule has 8 heteroatoms. The summed E-state index contributed by atoms with van der Waals surface area (Å²) in [6, 6.07) is 7.67. The van der Waals surface area contributed by atoms with E-state index >= 15 is 0 Å². The zero-order valence-electron chi connectivity index (χ0n) is 14.2. The lowest BCUT2D eigenvalue weighted by atomic mass is 9.97. The van der Waals surface area contributed by atoms with Crippen LogP contribution in [0.15, 0.2) is 39.4 Å². The molecule has 1 aliphatic heterocycles. The largest absolute Gasteiger partial charge is 0.351 e. The standard InChI is InChI=1S/C18H17FN4O3/c1-11-8-15(25-21-11)18(24)23-7-3-5-13(10-23)17-20-16(22-26-17)12-4-2-6-14(19)9-12/h2,4,6,8-9,13H,3,5,7,10H2,1H3. The third kappa shape index (κ3) is 3.22. The summed E-state index contributed by atoms with van der Waals surface area (Å²) in [5.41, 5.74) is 1.22. The monoisotopic (exact) mass is 356 g/mol. The van der Waals surface area contributed by atoms with E-state index in [2.05, 4.69) is 15.3 Å². The predicted octanol–water partition coefficient (Wildman–Crippen LogP) is 3.19. The van der Waals surface area contributed by atoms with Gasteiger partial charge in [-0.3, -0.25) is 4.79 Å². The first kappa shape index (κ1) is 16.4. The Morgan fingerprint density at radius 1 is 1.27 bits per heavy atom. The van der Waals surface area contributed by atoms with Crippen LogP contribution in [-0.4, -0.2) is 39.2 Å². The van der Waals surface area contributed by atoms with Gasteiger partial charge in [-0.1, -0.05) is 22.4 Å². The molecule has 1 fully saturated rings. The van der Waals surface area contributed by atoms with Crippen LogP contribution in [0.4, 0.5) is 4.39 Å². The fourth-order valence-electron chi connectivity index (χ4n) is 3.13. The van der Waals surface area contributed by atoms with Gasteiger partial charge in [0.15, 0.2) is 0 Å². The molecule has 0 saturated carbocycles. The molecule has 0 aliphatic carbocycles. The van der Waals surface area contributed by atoms with Gasteiger partial charge in [-0.25, -0.2) is 4.39 Å². The molecule has 134 valence electrons. The summed E-state index contributed by atoms with van der Waals surface area (Å²) < 4.78 is 23.8. The average Bonchev–Trinajstić information content (AvgIpc) is 3.30. The van der Waals surface area contributed by atoms with Crippen LogP contribution in [0.25, 0.3) is 11.4 Å². The van der Waals surface area contributed by atoms with Crippen molar-refractivity contribution in [3.8, 4) is 11.4 Å². The number of carbonyl (C=O) groups excluding carboxylic acids is 1. The van der Waals surface area contributed by atoms with Crippen LogP contribution in [0.2, 0.25) is 0 Å². The maximum Gasteiger partial charge on any atom is 0.292 e. The molecule has 26 heavy (non-hydrogen) atoms. The Morgan fingerprint density at radius 2 is 2.15 bits per heavy atom. The molecule has 2 aromatic heterocycles. The fraction of sp³-hybridized carbons (Fsp3) is 0.333. The molecule has 1 aliphatic rings. The Labute approximate surface area is 148 Å². The van der Waals surface area contributed by atoms with Gasteiger partial charge >= 0.3 is 0 Å². The highest BCUT2D eigenvalue weighted by Gasteiger charge is 2.30. The highest BCUT2D eigenvalue weighted by molar-refractivity contribution is 5.91. The normalized spacial score (nSPS) is 17.5. The highest BCUT2D eigenvalue weighted by atomic mass is 19.1. The molecule has 0 radical (unpaired) electrons. The van der Waals surface area contributed by atoms with Crippen LogP contribution < -0.4 is 0 Å². The number of aryl methyl sites for hydroxylation is 1. The van der Waals surface area contributed by atoms with Crippen molar-refractivity contribution in [2.45, 2.75) is 25.7 Å². The molecule has 1 unspecified atom stereocenters. The SMILES string of the molecule is Cc1cc(C(=O)N2CCCC(c3nc(-c4cccc(F)c4)no3)C2)on1. The van der Waals surface area contributed by atoms with Crippen molar-refractivity contribution in [2.24, 2.45) is 0 Å². The van der Waals surface area contributed by atoms with Crippen molar-refractivity contribution in [3.63, 3.8) is 0 Å². The molecule has 4 rings (SSSR count). The number of rotatable bonds is 3. The second kappa shape index (κ2) is 6.70. The molecule has 1 atom stereocenters. The Kier molecular flexibility index (Phi) is 4.24. The number of hydrogen-bond acceptors (Lipinski definition) is 6. The van der Waals surface area contributed by atoms with Crippen molar-refractivity contribution in [1.29, 1.82) is 0 Å². The lowest BCUT2D eigenvalue weighted by Crippen LogP contribution is -2.39. The van der Waals surface area contributed by atoms with E-state index in [-0.39, 0.29) is 23.4 Å². The van der Waals surface area contributed by atoms with Crippen LogP contribution in [0.5, 0.6) is 0 Å². The van der Waals surface area contributed by atoms with Gasteiger partial charge in [-0.15, -0.1) is 0 Å². The van der Waals surface area contributed by atoms with E-state index in [1.807, 2.05) is 0 Å². The molecule has 0 N–H and O–H groups in total. The second-order valence-corrected chi connectivity index (χ2v) is 6.39. The number of hydrogen-bond donors (Lipinski definition) is 0. The van der Waals surface area contributed by atoms with Gasteiger partial charge < -0.3 is 13.9 Å². The Morgan fingerprint density at radius 3 is 2.92 bits per heavy atom. The average molecular weight is 356 g/mol. The van der Waals surface area contributed by atoms with E-state index in [1.165, 1.54) is 12.1 Å². The molecule has 3 heterocycles. The quantitative estimate of drug-likeness (QED) is 0.716. The molecule has 1 aromatic carbocycles. The minimum Gasteiger partial charge on any atom is -0.351 e. The lowest BCUT2D eigenvalue weighted by molar-refractivity contribution is 0.0654. The number of carbonyl (C=O) groups is 1. The van der Waals surface area contributed by atoms with Gasteiger partial charge in [0.25, 0.3) is 5.91 Å². The first-order valence-electron chi connectivity index (χ1n) is 8.42. The first-order chi connectivity index (χ1) is 12.6. The smallest absolute Gasteiger partial charge is 0.292 e. The number of likely N-dealkylation sites (tertiary alicyclic amines) is 1. The van der Waals surface area contributed by atoms with Gasteiger partial charge in [0.1, 0.15) is 5.82 Å². The molecular formula is C18H17FN4O3. The Balaban J connectivity index is 1.51. The third-order valence-electron chi connectivity index (χ3n) is 4.42. The third-order valence-corrected chi connectivity index (χ3v) is 4.42. The number of nitrogens with zero attached hydrogens (tertiary/aromatic N) is 4. The summed E-state index contributed by atoms with van der Waals surface area (Å²) in [5.74, 6) is 0.413. The van der Waals surface area contributed by atoms with Crippen LogP contribution in [0, 0.1) is 12.7 Å². The summed E-state index contributed by atoms with van der Waals surface area (Å²) >= 11 is 0. The fourth-order valence-corrected chi connectivity index (χ4v) is 3.13. The summed E-state index contributed by atoms with van der Waals surface area (Å²) in [6.45, 7) is 2.87. The molecule has 1 saturated heterocycles. The van der Waals surface area contributed by atoms with Gasteiger partial charge in [0.2, 0.25) is 17.5 Å². The number of aromatic nitrogens is 3. The number of amides is 1. The van der Waals surface area contributed by atoms with E-state index in [9.17, 15) is 9.18 Å². The Bertz CT molecular complexity index is 936. The van der Waals surface area contributed by atoms with Crippen LogP contribution in [0.3, 0.4) is 0 Å². The van der Waals surface area contributed by atoms with Gasteiger partial charge in [0, 0.05) is 24.7 Å². The van der Waals surface area contributed by atoms with Crippen molar-refractivity contribution < 1.29 is 18.2 Å².